The van der Waals surface area contributed by atoms with Crippen LogP contribution in [0.4, 0.5) is 0 Å². The van der Waals surface area contributed by atoms with Crippen LogP contribution in [-0.2, 0) is 6.54 Å². The normalized spacial score (nSPS) is 9.83. The third-order valence-electron chi connectivity index (χ3n) is 2.41. The fraction of sp³-hybridized carbons (Fsp3) is 0.154. The van der Waals surface area contributed by atoms with E-state index in [0.717, 1.165) is 5.56 Å². The lowest BCUT2D eigenvalue weighted by Crippen LogP contribution is -2.23. The zero-order valence-electron chi connectivity index (χ0n) is 9.96. The summed E-state index contributed by atoms with van der Waals surface area (Å²) in [4.78, 5) is 19.8. The van der Waals surface area contributed by atoms with E-state index >= 15 is 0 Å². The summed E-state index contributed by atoms with van der Waals surface area (Å²) in [5, 5.41) is 2.79. The van der Waals surface area contributed by atoms with Crippen molar-refractivity contribution in [3.05, 3.63) is 54.0 Å². The van der Waals surface area contributed by atoms with E-state index in [1.807, 2.05) is 6.07 Å². The van der Waals surface area contributed by atoms with Crippen molar-refractivity contribution in [3.8, 4) is 5.88 Å². The average Bonchev–Trinajstić information content (AvgIpc) is 2.46. The highest BCUT2D eigenvalue weighted by atomic mass is 16.5. The van der Waals surface area contributed by atoms with E-state index in [-0.39, 0.29) is 5.91 Å². The van der Waals surface area contributed by atoms with Crippen molar-refractivity contribution in [2.75, 3.05) is 7.11 Å². The molecular weight excluding hydrogens is 230 g/mol. The highest BCUT2D eigenvalue weighted by molar-refractivity contribution is 5.93. The molecule has 1 amide bonds. The van der Waals surface area contributed by atoms with Crippen LogP contribution in [0, 0.1) is 0 Å². The molecule has 0 aromatic carbocycles. The zero-order valence-corrected chi connectivity index (χ0v) is 9.96. The Morgan fingerprint density at radius 1 is 1.33 bits per heavy atom. The van der Waals surface area contributed by atoms with E-state index in [1.54, 1.807) is 37.7 Å². The van der Waals surface area contributed by atoms with E-state index in [2.05, 4.69) is 15.3 Å². The summed E-state index contributed by atoms with van der Waals surface area (Å²) in [7, 11) is 1.55. The molecule has 0 aliphatic heterocycles. The number of hydrogen-bond acceptors (Lipinski definition) is 4. The molecule has 2 aromatic rings. The van der Waals surface area contributed by atoms with Crippen LogP contribution in [0.3, 0.4) is 0 Å². The summed E-state index contributed by atoms with van der Waals surface area (Å²) in [6, 6.07) is 7.09. The largest absolute Gasteiger partial charge is 0.481 e. The number of nitrogens with one attached hydrogen (secondary N) is 1. The van der Waals surface area contributed by atoms with Crippen molar-refractivity contribution in [3.63, 3.8) is 0 Å². The Labute approximate surface area is 105 Å². The topological polar surface area (TPSA) is 64.1 Å². The van der Waals surface area contributed by atoms with Crippen molar-refractivity contribution >= 4 is 5.91 Å². The minimum Gasteiger partial charge on any atom is -0.481 e. The van der Waals surface area contributed by atoms with Gasteiger partial charge in [-0.1, -0.05) is 6.07 Å². The number of rotatable bonds is 4. The first-order valence-electron chi connectivity index (χ1n) is 5.47. The van der Waals surface area contributed by atoms with Crippen molar-refractivity contribution < 1.29 is 9.53 Å². The molecule has 0 unspecified atom stereocenters. The molecule has 5 heteroatoms. The molecule has 0 radical (unpaired) electrons. The summed E-state index contributed by atoms with van der Waals surface area (Å²) in [5.74, 6) is 0.345. The number of carbonyl (C=O) groups is 1. The second kappa shape index (κ2) is 5.77. The minimum absolute atomic E-state index is 0.172. The van der Waals surface area contributed by atoms with Crippen LogP contribution in [-0.4, -0.2) is 23.0 Å². The van der Waals surface area contributed by atoms with Gasteiger partial charge in [0, 0.05) is 30.7 Å². The lowest BCUT2D eigenvalue weighted by atomic mass is 10.2. The monoisotopic (exact) mass is 243 g/mol. The van der Waals surface area contributed by atoms with Crippen molar-refractivity contribution in [2.24, 2.45) is 0 Å². The van der Waals surface area contributed by atoms with Gasteiger partial charge in [-0.2, -0.15) is 0 Å². The molecule has 2 aromatic heterocycles. The number of pyridine rings is 2. The molecule has 0 bridgehead atoms. The molecule has 2 heterocycles. The smallest absolute Gasteiger partial charge is 0.253 e. The molecule has 92 valence electrons. The Balaban J connectivity index is 2.02. The van der Waals surface area contributed by atoms with Crippen LogP contribution in [0.25, 0.3) is 0 Å². The summed E-state index contributed by atoms with van der Waals surface area (Å²) in [6.45, 7) is 0.366. The Morgan fingerprint density at radius 3 is 2.89 bits per heavy atom. The summed E-state index contributed by atoms with van der Waals surface area (Å²) >= 11 is 0. The van der Waals surface area contributed by atoms with Crippen LogP contribution in [0.15, 0.2) is 42.9 Å². The minimum atomic E-state index is -0.172. The molecule has 2 rings (SSSR count). The van der Waals surface area contributed by atoms with E-state index in [9.17, 15) is 4.79 Å². The zero-order chi connectivity index (χ0) is 12.8. The molecule has 0 saturated heterocycles. The van der Waals surface area contributed by atoms with Crippen molar-refractivity contribution in [1.29, 1.82) is 0 Å². The van der Waals surface area contributed by atoms with Gasteiger partial charge in [0.15, 0.2) is 0 Å². The van der Waals surface area contributed by atoms with Gasteiger partial charge in [0.2, 0.25) is 5.88 Å². The molecule has 0 spiro atoms. The Bertz CT molecular complexity index is 529. The number of amides is 1. The number of carbonyl (C=O) groups excluding carboxylic acids is 1. The highest BCUT2D eigenvalue weighted by Crippen LogP contribution is 2.13. The summed E-state index contributed by atoms with van der Waals surface area (Å²) in [6.07, 6.45) is 4.79. The summed E-state index contributed by atoms with van der Waals surface area (Å²) in [5.41, 5.74) is 1.36. The molecule has 18 heavy (non-hydrogen) atoms. The predicted molar refractivity (Wildman–Crippen MR) is 66.2 cm³/mol. The van der Waals surface area contributed by atoms with Gasteiger partial charge in [0.1, 0.15) is 0 Å². The lowest BCUT2D eigenvalue weighted by molar-refractivity contribution is 0.0950. The van der Waals surface area contributed by atoms with Crippen LogP contribution in [0.2, 0.25) is 0 Å². The quantitative estimate of drug-likeness (QED) is 0.882. The molecule has 0 saturated carbocycles. The third-order valence-corrected chi connectivity index (χ3v) is 2.41. The van der Waals surface area contributed by atoms with E-state index in [0.29, 0.717) is 18.0 Å². The SMILES string of the molecule is COc1ncccc1CNC(=O)c1cccnc1. The van der Waals surface area contributed by atoms with Crippen LogP contribution in [0.1, 0.15) is 15.9 Å². The van der Waals surface area contributed by atoms with E-state index in [4.69, 9.17) is 4.74 Å². The Hall–Kier alpha value is -2.43. The number of nitrogens with zero attached hydrogens (tertiary/aromatic N) is 2. The molecule has 1 N–H and O–H groups in total. The second-order valence-corrected chi connectivity index (χ2v) is 3.60. The fourth-order valence-electron chi connectivity index (χ4n) is 1.52. The molecule has 0 aliphatic carbocycles. The maximum atomic E-state index is 11.8. The lowest BCUT2D eigenvalue weighted by Gasteiger charge is -2.08. The molecule has 0 aliphatic rings. The molecule has 5 nitrogen and oxygen atoms in total. The van der Waals surface area contributed by atoms with Gasteiger partial charge in [-0.15, -0.1) is 0 Å². The van der Waals surface area contributed by atoms with Crippen molar-refractivity contribution in [1.82, 2.24) is 15.3 Å². The third kappa shape index (κ3) is 2.82. The van der Waals surface area contributed by atoms with Gasteiger partial charge in [0.25, 0.3) is 5.91 Å². The van der Waals surface area contributed by atoms with Crippen LogP contribution >= 0.6 is 0 Å². The highest BCUT2D eigenvalue weighted by Gasteiger charge is 2.07. The molecule has 0 fully saturated rings. The Kier molecular flexibility index (Phi) is 3.86. The van der Waals surface area contributed by atoms with Gasteiger partial charge < -0.3 is 10.1 Å². The Morgan fingerprint density at radius 2 is 2.17 bits per heavy atom. The predicted octanol–water partition coefficient (Wildman–Crippen LogP) is 1.42. The van der Waals surface area contributed by atoms with Crippen LogP contribution in [0.5, 0.6) is 5.88 Å². The first-order chi connectivity index (χ1) is 8.81. The van der Waals surface area contributed by atoms with E-state index in [1.165, 1.54) is 6.20 Å². The van der Waals surface area contributed by atoms with Gasteiger partial charge in [-0.25, -0.2) is 4.98 Å². The number of methoxy groups -OCH3 is 1. The first kappa shape index (κ1) is 12.0. The number of aromatic nitrogens is 2. The van der Waals surface area contributed by atoms with Crippen molar-refractivity contribution in [2.45, 2.75) is 6.54 Å². The van der Waals surface area contributed by atoms with Crippen LogP contribution < -0.4 is 10.1 Å². The number of ether oxygens (including phenoxy) is 1. The average molecular weight is 243 g/mol. The second-order valence-electron chi connectivity index (χ2n) is 3.60. The van der Waals surface area contributed by atoms with Gasteiger partial charge in [-0.3, -0.25) is 9.78 Å². The van der Waals surface area contributed by atoms with Gasteiger partial charge in [0.05, 0.1) is 12.7 Å². The standard InChI is InChI=1S/C13H13N3O2/c1-18-13-11(5-3-7-15-13)9-16-12(17)10-4-2-6-14-8-10/h2-8H,9H2,1H3,(H,16,17). The molecular formula is C13H13N3O2. The first-order valence-corrected chi connectivity index (χ1v) is 5.47. The maximum Gasteiger partial charge on any atom is 0.253 e. The molecule has 0 atom stereocenters. The maximum absolute atomic E-state index is 11.8. The van der Waals surface area contributed by atoms with Gasteiger partial charge in [-0.05, 0) is 18.2 Å². The fourth-order valence-corrected chi connectivity index (χ4v) is 1.52. The summed E-state index contributed by atoms with van der Waals surface area (Å²) < 4.78 is 5.11. The van der Waals surface area contributed by atoms with Gasteiger partial charge >= 0.3 is 0 Å². The number of hydrogen-bond donors (Lipinski definition) is 1. The van der Waals surface area contributed by atoms with E-state index < -0.39 is 0 Å².